The van der Waals surface area contributed by atoms with Crippen molar-refractivity contribution in [2.45, 2.75) is 51.7 Å². The van der Waals surface area contributed by atoms with Crippen molar-refractivity contribution in [3.8, 4) is 5.75 Å². The zero-order valence-electron chi connectivity index (χ0n) is 12.6. The Morgan fingerprint density at radius 3 is 2.55 bits per heavy atom. The van der Waals surface area contributed by atoms with Crippen molar-refractivity contribution >= 4 is 5.84 Å². The lowest BCUT2D eigenvalue weighted by atomic mass is 9.96. The summed E-state index contributed by atoms with van der Waals surface area (Å²) in [5.41, 5.74) is 7.44. The SMILES string of the molecule is COc1cc(CN2C(C)CCCC2C)ccc1C(=N)N. The maximum atomic E-state index is 7.55. The lowest BCUT2D eigenvalue weighted by molar-refractivity contribution is 0.0952. The van der Waals surface area contributed by atoms with Crippen molar-refractivity contribution in [2.75, 3.05) is 7.11 Å². The van der Waals surface area contributed by atoms with Crippen LogP contribution < -0.4 is 10.5 Å². The van der Waals surface area contributed by atoms with Crippen LogP contribution >= 0.6 is 0 Å². The number of amidine groups is 1. The number of nitrogens with two attached hydrogens (primary N) is 1. The molecular weight excluding hydrogens is 250 g/mol. The lowest BCUT2D eigenvalue weighted by Crippen LogP contribution is -2.42. The zero-order chi connectivity index (χ0) is 14.7. The number of methoxy groups -OCH3 is 1. The molecule has 4 heteroatoms. The van der Waals surface area contributed by atoms with Crippen LogP contribution in [0.3, 0.4) is 0 Å². The first-order chi connectivity index (χ1) is 9.52. The van der Waals surface area contributed by atoms with Gasteiger partial charge in [0.2, 0.25) is 0 Å². The predicted octanol–water partition coefficient (Wildman–Crippen LogP) is 2.74. The van der Waals surface area contributed by atoms with E-state index in [0.29, 0.717) is 23.4 Å². The standard InChI is InChI=1S/C16H25N3O/c1-11-5-4-6-12(2)19(11)10-13-7-8-14(16(17)18)15(9-13)20-3/h7-9,11-12H,4-6,10H2,1-3H3,(H3,17,18). The predicted molar refractivity (Wildman–Crippen MR) is 82.3 cm³/mol. The monoisotopic (exact) mass is 275 g/mol. The molecule has 0 spiro atoms. The smallest absolute Gasteiger partial charge is 0.130 e. The van der Waals surface area contributed by atoms with E-state index in [1.54, 1.807) is 7.11 Å². The summed E-state index contributed by atoms with van der Waals surface area (Å²) in [6, 6.07) is 7.18. The van der Waals surface area contributed by atoms with E-state index >= 15 is 0 Å². The summed E-state index contributed by atoms with van der Waals surface area (Å²) in [4.78, 5) is 2.55. The van der Waals surface area contributed by atoms with Crippen molar-refractivity contribution < 1.29 is 4.74 Å². The molecule has 1 aliphatic heterocycles. The molecule has 3 N–H and O–H groups in total. The van der Waals surface area contributed by atoms with Gasteiger partial charge in [-0.3, -0.25) is 10.3 Å². The normalized spacial score (nSPS) is 23.6. The molecule has 0 radical (unpaired) electrons. The maximum absolute atomic E-state index is 7.55. The van der Waals surface area contributed by atoms with E-state index in [1.807, 2.05) is 18.2 Å². The molecule has 0 amide bonds. The fourth-order valence-electron chi connectivity index (χ4n) is 3.05. The van der Waals surface area contributed by atoms with E-state index < -0.39 is 0 Å². The quantitative estimate of drug-likeness (QED) is 0.656. The molecule has 1 aromatic carbocycles. The number of nitrogen functional groups attached to an aromatic ring is 1. The van der Waals surface area contributed by atoms with Crippen LogP contribution in [0.25, 0.3) is 0 Å². The van der Waals surface area contributed by atoms with Gasteiger partial charge in [-0.1, -0.05) is 12.5 Å². The highest BCUT2D eigenvalue weighted by molar-refractivity contribution is 5.97. The Bertz CT molecular complexity index is 477. The van der Waals surface area contributed by atoms with Gasteiger partial charge < -0.3 is 10.5 Å². The molecule has 0 aromatic heterocycles. The fourth-order valence-corrected chi connectivity index (χ4v) is 3.05. The van der Waals surface area contributed by atoms with Gasteiger partial charge in [0.15, 0.2) is 0 Å². The molecule has 1 heterocycles. The lowest BCUT2D eigenvalue weighted by Gasteiger charge is -2.39. The molecule has 2 unspecified atom stereocenters. The minimum Gasteiger partial charge on any atom is -0.496 e. The van der Waals surface area contributed by atoms with E-state index in [2.05, 4.69) is 18.7 Å². The van der Waals surface area contributed by atoms with E-state index in [0.717, 1.165) is 6.54 Å². The number of nitrogens with zero attached hydrogens (tertiary/aromatic N) is 1. The first kappa shape index (κ1) is 14.9. The van der Waals surface area contributed by atoms with Crippen molar-refractivity contribution in [1.82, 2.24) is 4.90 Å². The van der Waals surface area contributed by atoms with Crippen LogP contribution in [0.4, 0.5) is 0 Å². The highest BCUT2D eigenvalue weighted by Gasteiger charge is 2.24. The van der Waals surface area contributed by atoms with Crippen LogP contribution in [-0.2, 0) is 6.54 Å². The number of ether oxygens (including phenoxy) is 1. The average Bonchev–Trinajstić information content (AvgIpc) is 2.42. The van der Waals surface area contributed by atoms with Gasteiger partial charge in [0.25, 0.3) is 0 Å². The summed E-state index contributed by atoms with van der Waals surface area (Å²) in [7, 11) is 1.62. The summed E-state index contributed by atoms with van der Waals surface area (Å²) in [5, 5.41) is 7.55. The summed E-state index contributed by atoms with van der Waals surface area (Å²) in [6.45, 7) is 5.53. The molecule has 1 saturated heterocycles. The Labute approximate surface area is 121 Å². The molecular formula is C16H25N3O. The fraction of sp³-hybridized carbons (Fsp3) is 0.562. The number of benzene rings is 1. The van der Waals surface area contributed by atoms with E-state index in [9.17, 15) is 0 Å². The van der Waals surface area contributed by atoms with Crippen LogP contribution in [0, 0.1) is 5.41 Å². The third-order valence-electron chi connectivity index (χ3n) is 4.30. The molecule has 1 fully saturated rings. The van der Waals surface area contributed by atoms with Crippen molar-refractivity contribution in [2.24, 2.45) is 5.73 Å². The van der Waals surface area contributed by atoms with Crippen molar-refractivity contribution in [3.05, 3.63) is 29.3 Å². The Hall–Kier alpha value is -1.55. The van der Waals surface area contributed by atoms with Crippen LogP contribution in [0.1, 0.15) is 44.2 Å². The highest BCUT2D eigenvalue weighted by Crippen LogP contribution is 2.26. The van der Waals surface area contributed by atoms with Gasteiger partial charge in [-0.15, -0.1) is 0 Å². The zero-order valence-corrected chi connectivity index (χ0v) is 12.6. The summed E-state index contributed by atoms with van der Waals surface area (Å²) >= 11 is 0. The summed E-state index contributed by atoms with van der Waals surface area (Å²) in [5.74, 6) is 0.737. The van der Waals surface area contributed by atoms with Crippen LogP contribution in [0.5, 0.6) is 5.75 Å². The molecule has 1 aromatic rings. The molecule has 110 valence electrons. The second-order valence-electron chi connectivity index (χ2n) is 5.75. The number of hydrogen-bond acceptors (Lipinski definition) is 3. The Kier molecular flexibility index (Phi) is 4.65. The highest BCUT2D eigenvalue weighted by atomic mass is 16.5. The molecule has 4 nitrogen and oxygen atoms in total. The second kappa shape index (κ2) is 6.27. The van der Waals surface area contributed by atoms with Crippen LogP contribution in [0.15, 0.2) is 18.2 Å². The first-order valence-electron chi connectivity index (χ1n) is 7.30. The van der Waals surface area contributed by atoms with E-state index in [4.69, 9.17) is 15.9 Å². The number of rotatable bonds is 4. The van der Waals surface area contributed by atoms with Gasteiger partial charge in [-0.25, -0.2) is 0 Å². The number of hydrogen-bond donors (Lipinski definition) is 2. The number of likely N-dealkylation sites (tertiary alicyclic amines) is 1. The van der Waals surface area contributed by atoms with Gasteiger partial charge in [0.05, 0.1) is 12.7 Å². The van der Waals surface area contributed by atoms with Crippen molar-refractivity contribution in [3.63, 3.8) is 0 Å². The van der Waals surface area contributed by atoms with E-state index in [1.165, 1.54) is 24.8 Å². The van der Waals surface area contributed by atoms with Crippen LogP contribution in [0.2, 0.25) is 0 Å². The number of nitrogens with one attached hydrogen (secondary N) is 1. The topological polar surface area (TPSA) is 62.3 Å². The number of piperidine rings is 1. The first-order valence-corrected chi connectivity index (χ1v) is 7.30. The van der Waals surface area contributed by atoms with Crippen molar-refractivity contribution in [1.29, 1.82) is 5.41 Å². The van der Waals surface area contributed by atoms with E-state index in [-0.39, 0.29) is 5.84 Å². The minimum atomic E-state index is 0.0492. The van der Waals surface area contributed by atoms with Crippen LogP contribution in [-0.4, -0.2) is 29.9 Å². The molecule has 1 aliphatic rings. The Balaban J connectivity index is 2.19. The molecule has 0 saturated carbocycles. The molecule has 0 bridgehead atoms. The average molecular weight is 275 g/mol. The summed E-state index contributed by atoms with van der Waals surface area (Å²) in [6.07, 6.45) is 3.87. The van der Waals surface area contributed by atoms with Gasteiger partial charge >= 0.3 is 0 Å². The third kappa shape index (κ3) is 3.12. The molecule has 2 atom stereocenters. The molecule has 0 aliphatic carbocycles. The largest absolute Gasteiger partial charge is 0.496 e. The third-order valence-corrected chi connectivity index (χ3v) is 4.30. The Morgan fingerprint density at radius 2 is 2.00 bits per heavy atom. The van der Waals surface area contributed by atoms with Gasteiger partial charge in [0.1, 0.15) is 11.6 Å². The minimum absolute atomic E-state index is 0.0492. The molecule has 2 rings (SSSR count). The second-order valence-corrected chi connectivity index (χ2v) is 5.75. The Morgan fingerprint density at radius 1 is 1.35 bits per heavy atom. The van der Waals surface area contributed by atoms with Gasteiger partial charge in [0, 0.05) is 18.6 Å². The maximum Gasteiger partial charge on any atom is 0.130 e. The van der Waals surface area contributed by atoms with Gasteiger partial charge in [-0.05, 0) is 44.4 Å². The molecule has 20 heavy (non-hydrogen) atoms. The van der Waals surface area contributed by atoms with Gasteiger partial charge in [-0.2, -0.15) is 0 Å². The summed E-state index contributed by atoms with van der Waals surface area (Å²) < 4.78 is 5.35.